The van der Waals surface area contributed by atoms with Crippen LogP contribution in [0, 0.1) is 6.92 Å². The Hall–Kier alpha value is -1.93. The van der Waals surface area contributed by atoms with Gasteiger partial charge in [0.2, 0.25) is 11.8 Å². The molecule has 0 aliphatic carbocycles. The number of carbonyl (C=O) groups excluding carboxylic acids is 2. The fourth-order valence-corrected chi connectivity index (χ4v) is 4.73. The highest BCUT2D eigenvalue weighted by molar-refractivity contribution is 5.87. The highest BCUT2D eigenvalue weighted by atomic mass is 16.5. The van der Waals surface area contributed by atoms with E-state index in [0.29, 0.717) is 45.2 Å². The molecule has 0 aromatic carbocycles. The second-order valence-electron chi connectivity index (χ2n) is 7.34. The first-order chi connectivity index (χ1) is 12.5. The van der Waals surface area contributed by atoms with Gasteiger partial charge < -0.3 is 19.1 Å². The van der Waals surface area contributed by atoms with Gasteiger partial charge in [-0.2, -0.15) is 0 Å². The first kappa shape index (κ1) is 17.5. The lowest BCUT2D eigenvalue weighted by molar-refractivity contribution is -0.137. The minimum absolute atomic E-state index is 0.00965. The molecular weight excluding hydrogens is 336 g/mol. The van der Waals surface area contributed by atoms with Crippen LogP contribution >= 0.6 is 0 Å². The summed E-state index contributed by atoms with van der Waals surface area (Å²) < 4.78 is 10.7. The maximum absolute atomic E-state index is 13.1. The molecule has 8 nitrogen and oxygen atoms in total. The van der Waals surface area contributed by atoms with Gasteiger partial charge in [0, 0.05) is 45.1 Å². The lowest BCUT2D eigenvalue weighted by atomic mass is 9.96. The Bertz CT molecular complexity index is 697. The fraction of sp³-hybridized carbons (Fsp3) is 0.722. The lowest BCUT2D eigenvalue weighted by Crippen LogP contribution is -2.62. The van der Waals surface area contributed by atoms with Crippen LogP contribution in [-0.2, 0) is 20.7 Å². The molecule has 0 unspecified atom stereocenters. The van der Waals surface area contributed by atoms with Gasteiger partial charge in [0.25, 0.3) is 0 Å². The maximum atomic E-state index is 13.1. The van der Waals surface area contributed by atoms with E-state index in [-0.39, 0.29) is 29.9 Å². The smallest absolute Gasteiger partial charge is 0.243 e. The predicted octanol–water partition coefficient (Wildman–Crippen LogP) is 0.407. The van der Waals surface area contributed by atoms with Crippen LogP contribution in [0.25, 0.3) is 0 Å². The summed E-state index contributed by atoms with van der Waals surface area (Å²) in [6.45, 7) is 7.72. The Kier molecular flexibility index (Phi) is 4.48. The lowest BCUT2D eigenvalue weighted by Gasteiger charge is -2.48. The number of carbonyl (C=O) groups is 2. The van der Waals surface area contributed by atoms with Gasteiger partial charge in [0.05, 0.1) is 25.3 Å². The van der Waals surface area contributed by atoms with E-state index in [4.69, 9.17) is 9.26 Å². The van der Waals surface area contributed by atoms with Gasteiger partial charge in [-0.05, 0) is 13.8 Å². The number of rotatable bonds is 3. The van der Waals surface area contributed by atoms with Gasteiger partial charge in [-0.1, -0.05) is 5.16 Å². The van der Waals surface area contributed by atoms with Crippen molar-refractivity contribution < 1.29 is 18.8 Å². The predicted molar refractivity (Wildman–Crippen MR) is 92.2 cm³/mol. The molecule has 8 heteroatoms. The van der Waals surface area contributed by atoms with Crippen molar-refractivity contribution >= 4 is 11.8 Å². The highest BCUT2D eigenvalue weighted by Crippen LogP contribution is 2.40. The quantitative estimate of drug-likeness (QED) is 0.775. The zero-order valence-electron chi connectivity index (χ0n) is 15.4. The SMILES string of the molecule is CCN1C(=O)[C@H]2CN(C(=O)Cc3cc(C)no3)CCN2C12CCOCC2. The summed E-state index contributed by atoms with van der Waals surface area (Å²) >= 11 is 0. The van der Waals surface area contributed by atoms with Crippen LogP contribution < -0.4 is 0 Å². The van der Waals surface area contributed by atoms with Crippen LogP contribution in [0.15, 0.2) is 10.6 Å². The third kappa shape index (κ3) is 2.72. The number of aryl methyl sites for hydroxylation is 1. The van der Waals surface area contributed by atoms with Crippen molar-refractivity contribution in [2.45, 2.75) is 44.8 Å². The Morgan fingerprint density at radius 2 is 2.12 bits per heavy atom. The van der Waals surface area contributed by atoms with Crippen LogP contribution in [0.5, 0.6) is 0 Å². The molecule has 0 saturated carbocycles. The number of amides is 2. The summed E-state index contributed by atoms with van der Waals surface area (Å²) in [7, 11) is 0. The fourth-order valence-electron chi connectivity index (χ4n) is 4.73. The van der Waals surface area contributed by atoms with Crippen molar-refractivity contribution in [1.29, 1.82) is 0 Å². The van der Waals surface area contributed by atoms with Crippen LogP contribution in [0.2, 0.25) is 0 Å². The largest absolute Gasteiger partial charge is 0.381 e. The van der Waals surface area contributed by atoms with Gasteiger partial charge in [0.1, 0.15) is 17.5 Å². The molecule has 3 saturated heterocycles. The van der Waals surface area contributed by atoms with Crippen LogP contribution in [0.3, 0.4) is 0 Å². The summed E-state index contributed by atoms with van der Waals surface area (Å²) in [6, 6.07) is 1.53. The molecular formula is C18H26N4O4. The van der Waals surface area contributed by atoms with Crippen LogP contribution in [-0.4, -0.2) is 82.8 Å². The number of aromatic nitrogens is 1. The number of piperazine rings is 1. The van der Waals surface area contributed by atoms with E-state index in [1.54, 1.807) is 11.0 Å². The van der Waals surface area contributed by atoms with Gasteiger partial charge >= 0.3 is 0 Å². The molecule has 3 aliphatic heterocycles. The van der Waals surface area contributed by atoms with Crippen molar-refractivity contribution in [2.75, 3.05) is 39.4 Å². The second kappa shape index (κ2) is 6.66. The summed E-state index contributed by atoms with van der Waals surface area (Å²) in [5.74, 6) is 0.704. The van der Waals surface area contributed by atoms with Gasteiger partial charge in [0.15, 0.2) is 0 Å². The van der Waals surface area contributed by atoms with Crippen LogP contribution in [0.1, 0.15) is 31.2 Å². The topological polar surface area (TPSA) is 79.1 Å². The van der Waals surface area contributed by atoms with Gasteiger partial charge in [-0.3, -0.25) is 14.5 Å². The van der Waals surface area contributed by atoms with E-state index in [9.17, 15) is 9.59 Å². The molecule has 1 spiro atoms. The van der Waals surface area contributed by atoms with Crippen molar-refractivity contribution in [3.8, 4) is 0 Å². The summed E-state index contributed by atoms with van der Waals surface area (Å²) in [5.41, 5.74) is 0.537. The van der Waals surface area contributed by atoms with E-state index in [0.717, 1.165) is 18.5 Å². The summed E-state index contributed by atoms with van der Waals surface area (Å²) in [6.07, 6.45) is 1.88. The average Bonchev–Trinajstić information content (AvgIpc) is 3.15. The van der Waals surface area contributed by atoms with Crippen LogP contribution in [0.4, 0.5) is 0 Å². The number of fused-ring (bicyclic) bond motifs is 2. The Labute approximate surface area is 153 Å². The van der Waals surface area contributed by atoms with E-state index in [2.05, 4.69) is 10.1 Å². The van der Waals surface area contributed by atoms with Crippen molar-refractivity contribution in [2.24, 2.45) is 0 Å². The molecule has 0 N–H and O–H groups in total. The molecule has 2 amide bonds. The monoisotopic (exact) mass is 362 g/mol. The third-order valence-electron chi connectivity index (χ3n) is 5.93. The normalized spacial score (nSPS) is 25.8. The minimum Gasteiger partial charge on any atom is -0.381 e. The Balaban J connectivity index is 1.49. The number of likely N-dealkylation sites (N-methyl/N-ethyl adjacent to an activating group) is 1. The highest BCUT2D eigenvalue weighted by Gasteiger charge is 2.57. The molecule has 26 heavy (non-hydrogen) atoms. The average molecular weight is 362 g/mol. The molecule has 4 heterocycles. The number of hydrogen-bond donors (Lipinski definition) is 0. The van der Waals surface area contributed by atoms with Crippen molar-refractivity contribution in [3.05, 3.63) is 17.5 Å². The zero-order valence-corrected chi connectivity index (χ0v) is 15.4. The first-order valence-electron chi connectivity index (χ1n) is 9.41. The molecule has 1 aromatic rings. The second-order valence-corrected chi connectivity index (χ2v) is 7.34. The van der Waals surface area contributed by atoms with E-state index >= 15 is 0 Å². The number of hydrogen-bond acceptors (Lipinski definition) is 6. The van der Waals surface area contributed by atoms with Gasteiger partial charge in [-0.15, -0.1) is 0 Å². The maximum Gasteiger partial charge on any atom is 0.243 e. The van der Waals surface area contributed by atoms with E-state index in [1.807, 2.05) is 18.7 Å². The number of ether oxygens (including phenoxy) is 1. The van der Waals surface area contributed by atoms with Crippen molar-refractivity contribution in [1.82, 2.24) is 19.9 Å². The minimum atomic E-state index is -0.248. The zero-order chi connectivity index (χ0) is 18.3. The standard InChI is InChI=1S/C18H26N4O4/c1-3-21-17(24)15-12-20(16(23)11-14-10-13(2)19-26-14)6-7-22(15)18(21)4-8-25-9-5-18/h10,15H,3-9,11-12H2,1-2H3/t15-/m1/s1. The third-order valence-corrected chi connectivity index (χ3v) is 5.93. The molecule has 3 fully saturated rings. The molecule has 142 valence electrons. The summed E-state index contributed by atoms with van der Waals surface area (Å²) in [5, 5.41) is 3.83. The number of nitrogens with zero attached hydrogens (tertiary/aromatic N) is 4. The Morgan fingerprint density at radius 1 is 1.35 bits per heavy atom. The van der Waals surface area contributed by atoms with Crippen molar-refractivity contribution in [3.63, 3.8) is 0 Å². The molecule has 0 bridgehead atoms. The van der Waals surface area contributed by atoms with E-state index in [1.165, 1.54) is 0 Å². The first-order valence-corrected chi connectivity index (χ1v) is 9.41. The molecule has 0 radical (unpaired) electrons. The van der Waals surface area contributed by atoms with Gasteiger partial charge in [-0.25, -0.2) is 0 Å². The molecule has 3 aliphatic rings. The van der Waals surface area contributed by atoms with E-state index < -0.39 is 0 Å². The summed E-state index contributed by atoms with van der Waals surface area (Å²) in [4.78, 5) is 31.8. The molecule has 4 rings (SSSR count). The molecule has 1 aromatic heterocycles. The Morgan fingerprint density at radius 3 is 2.77 bits per heavy atom. The molecule has 1 atom stereocenters.